The van der Waals surface area contributed by atoms with Crippen LogP contribution in [0.25, 0.3) is 0 Å². The number of hydrogen-bond donors (Lipinski definition) is 2. The largest absolute Gasteiger partial charge is 0.325 e. The standard InChI is InChI=1S/C19H15ClF2N2O3S/c20-19(24-28(26,27)16-10-6-14(22)7-11-16)12-2-1-3-17(19)18(25)23-15-8-4-13(21)5-9-15/h1-12,17,24H,(H,23,25). The van der Waals surface area contributed by atoms with E-state index in [1.165, 1.54) is 42.5 Å². The van der Waals surface area contributed by atoms with Crippen molar-refractivity contribution < 1.29 is 22.0 Å². The molecule has 3 rings (SSSR count). The van der Waals surface area contributed by atoms with E-state index in [4.69, 9.17) is 11.6 Å². The monoisotopic (exact) mass is 424 g/mol. The number of halogens is 3. The van der Waals surface area contributed by atoms with Gasteiger partial charge in [0.15, 0.2) is 0 Å². The van der Waals surface area contributed by atoms with Crippen LogP contribution < -0.4 is 10.0 Å². The Morgan fingerprint density at radius 3 is 2.14 bits per heavy atom. The van der Waals surface area contributed by atoms with Crippen LogP contribution in [0.15, 0.2) is 77.7 Å². The Bertz CT molecular complexity index is 1040. The first-order valence-corrected chi connectivity index (χ1v) is 9.97. The molecule has 2 unspecified atom stereocenters. The van der Waals surface area contributed by atoms with E-state index in [2.05, 4.69) is 10.0 Å². The zero-order chi connectivity index (χ0) is 20.4. The molecule has 1 amide bonds. The average molecular weight is 425 g/mol. The summed E-state index contributed by atoms with van der Waals surface area (Å²) < 4.78 is 53.6. The molecular weight excluding hydrogens is 410 g/mol. The molecule has 2 aromatic rings. The van der Waals surface area contributed by atoms with Gasteiger partial charge in [-0.25, -0.2) is 17.2 Å². The maximum Gasteiger partial charge on any atom is 0.242 e. The summed E-state index contributed by atoms with van der Waals surface area (Å²) in [6.07, 6.45) is 5.84. The van der Waals surface area contributed by atoms with Crippen LogP contribution in [0.3, 0.4) is 0 Å². The normalized spacial score (nSPS) is 21.5. The van der Waals surface area contributed by atoms with E-state index >= 15 is 0 Å². The van der Waals surface area contributed by atoms with Gasteiger partial charge in [-0.1, -0.05) is 29.8 Å². The van der Waals surface area contributed by atoms with Gasteiger partial charge >= 0.3 is 0 Å². The second-order valence-corrected chi connectivity index (χ2v) is 8.35. The second-order valence-electron chi connectivity index (χ2n) is 6.05. The van der Waals surface area contributed by atoms with Crippen molar-refractivity contribution in [3.63, 3.8) is 0 Å². The number of allylic oxidation sites excluding steroid dienone is 2. The molecule has 0 bridgehead atoms. The summed E-state index contributed by atoms with van der Waals surface area (Å²) in [7, 11) is -4.14. The molecule has 28 heavy (non-hydrogen) atoms. The van der Waals surface area contributed by atoms with E-state index < -0.39 is 38.5 Å². The fraction of sp³-hybridized carbons (Fsp3) is 0.105. The predicted molar refractivity (Wildman–Crippen MR) is 102 cm³/mol. The smallest absolute Gasteiger partial charge is 0.242 e. The van der Waals surface area contributed by atoms with Crippen LogP contribution in [-0.2, 0) is 14.8 Å². The van der Waals surface area contributed by atoms with Gasteiger partial charge in [0.1, 0.15) is 16.6 Å². The second kappa shape index (κ2) is 7.83. The number of anilines is 1. The van der Waals surface area contributed by atoms with Crippen LogP contribution >= 0.6 is 11.6 Å². The maximum atomic E-state index is 13.1. The Hall–Kier alpha value is -2.55. The fourth-order valence-electron chi connectivity index (χ4n) is 2.62. The van der Waals surface area contributed by atoms with Gasteiger partial charge in [0.05, 0.1) is 10.8 Å². The van der Waals surface area contributed by atoms with Gasteiger partial charge in [-0.05, 0) is 54.6 Å². The molecule has 1 aliphatic carbocycles. The zero-order valence-corrected chi connectivity index (χ0v) is 15.8. The van der Waals surface area contributed by atoms with Crippen molar-refractivity contribution in [2.24, 2.45) is 5.92 Å². The molecule has 0 aliphatic heterocycles. The summed E-state index contributed by atoms with van der Waals surface area (Å²) in [6, 6.07) is 9.29. The molecule has 2 N–H and O–H groups in total. The highest BCUT2D eigenvalue weighted by atomic mass is 35.5. The van der Waals surface area contributed by atoms with Gasteiger partial charge in [0.2, 0.25) is 15.9 Å². The lowest BCUT2D eigenvalue weighted by molar-refractivity contribution is -0.119. The van der Waals surface area contributed by atoms with Gasteiger partial charge < -0.3 is 5.32 Å². The molecule has 0 saturated heterocycles. The highest BCUT2D eigenvalue weighted by Crippen LogP contribution is 2.32. The number of rotatable bonds is 5. The number of hydrogen-bond acceptors (Lipinski definition) is 3. The van der Waals surface area contributed by atoms with Crippen LogP contribution in [0.4, 0.5) is 14.5 Å². The van der Waals surface area contributed by atoms with E-state index in [1.807, 2.05) is 0 Å². The van der Waals surface area contributed by atoms with E-state index in [-0.39, 0.29) is 4.90 Å². The minimum Gasteiger partial charge on any atom is -0.325 e. The number of amides is 1. The van der Waals surface area contributed by atoms with Crippen molar-refractivity contribution in [2.45, 2.75) is 9.89 Å². The van der Waals surface area contributed by atoms with Crippen molar-refractivity contribution in [3.05, 3.63) is 84.5 Å². The summed E-state index contributed by atoms with van der Waals surface area (Å²) in [5, 5.41) is 2.57. The topological polar surface area (TPSA) is 75.3 Å². The highest BCUT2D eigenvalue weighted by molar-refractivity contribution is 7.89. The van der Waals surface area contributed by atoms with Gasteiger partial charge in [-0.2, -0.15) is 4.72 Å². The minimum atomic E-state index is -4.14. The van der Waals surface area contributed by atoms with Crippen molar-refractivity contribution in [1.82, 2.24) is 4.72 Å². The molecule has 0 spiro atoms. The lowest BCUT2D eigenvalue weighted by Gasteiger charge is -2.32. The Balaban J connectivity index is 1.84. The summed E-state index contributed by atoms with van der Waals surface area (Å²) in [5.74, 6) is -2.74. The molecule has 0 fully saturated rings. The molecule has 0 saturated carbocycles. The molecule has 5 nitrogen and oxygen atoms in total. The molecular formula is C19H15ClF2N2O3S. The molecule has 9 heteroatoms. The molecule has 2 aromatic carbocycles. The van der Waals surface area contributed by atoms with Crippen LogP contribution in [-0.4, -0.2) is 19.3 Å². The third-order valence-corrected chi connectivity index (χ3v) is 6.08. The van der Waals surface area contributed by atoms with Crippen molar-refractivity contribution in [1.29, 1.82) is 0 Å². The third kappa shape index (κ3) is 4.46. The highest BCUT2D eigenvalue weighted by Gasteiger charge is 2.42. The Kier molecular flexibility index (Phi) is 5.64. The Morgan fingerprint density at radius 1 is 0.964 bits per heavy atom. The molecule has 2 atom stereocenters. The Labute approximate surface area is 165 Å². The molecule has 146 valence electrons. The summed E-state index contributed by atoms with van der Waals surface area (Å²) in [4.78, 5) is 10.7. The van der Waals surface area contributed by atoms with E-state index in [1.54, 1.807) is 6.08 Å². The quantitative estimate of drug-likeness (QED) is 0.569. The number of carbonyl (C=O) groups excluding carboxylic acids is 1. The van der Waals surface area contributed by atoms with E-state index in [0.717, 1.165) is 24.3 Å². The number of carbonyl (C=O) groups is 1. The van der Waals surface area contributed by atoms with Crippen molar-refractivity contribution >= 4 is 33.2 Å². The molecule has 0 aromatic heterocycles. The minimum absolute atomic E-state index is 0.199. The number of nitrogens with one attached hydrogen (secondary N) is 2. The number of benzene rings is 2. The van der Waals surface area contributed by atoms with E-state index in [0.29, 0.717) is 5.69 Å². The molecule has 0 radical (unpaired) electrons. The lowest BCUT2D eigenvalue weighted by Crippen LogP contribution is -2.51. The van der Waals surface area contributed by atoms with Gasteiger partial charge in [-0.15, -0.1) is 0 Å². The van der Waals surface area contributed by atoms with Crippen LogP contribution in [0.1, 0.15) is 0 Å². The molecule has 0 heterocycles. The summed E-state index contributed by atoms with van der Waals surface area (Å²) in [5.41, 5.74) is 0.328. The van der Waals surface area contributed by atoms with Crippen LogP contribution in [0.5, 0.6) is 0 Å². The third-order valence-electron chi connectivity index (χ3n) is 4.02. The van der Waals surface area contributed by atoms with E-state index in [9.17, 15) is 22.0 Å². The SMILES string of the molecule is O=C(Nc1ccc(F)cc1)C1C=CC=CC1(Cl)NS(=O)(=O)c1ccc(F)cc1. The van der Waals surface area contributed by atoms with Crippen molar-refractivity contribution in [2.75, 3.05) is 5.32 Å². The zero-order valence-electron chi connectivity index (χ0n) is 14.3. The first-order chi connectivity index (χ1) is 13.2. The lowest BCUT2D eigenvalue weighted by atomic mass is 9.94. The average Bonchev–Trinajstić information content (AvgIpc) is 2.63. The predicted octanol–water partition coefficient (Wildman–Crippen LogP) is 3.56. The van der Waals surface area contributed by atoms with Gasteiger partial charge in [0.25, 0.3) is 0 Å². The maximum absolute atomic E-state index is 13.1. The first kappa shape index (κ1) is 20.2. The first-order valence-electron chi connectivity index (χ1n) is 8.10. The number of alkyl halides is 1. The number of sulfonamides is 1. The van der Waals surface area contributed by atoms with Crippen LogP contribution in [0, 0.1) is 17.6 Å². The van der Waals surface area contributed by atoms with Gasteiger partial charge in [-0.3, -0.25) is 4.79 Å². The Morgan fingerprint density at radius 2 is 1.54 bits per heavy atom. The van der Waals surface area contributed by atoms with Gasteiger partial charge in [0, 0.05) is 5.69 Å². The molecule has 1 aliphatic rings. The summed E-state index contributed by atoms with van der Waals surface area (Å²) >= 11 is 6.47. The van der Waals surface area contributed by atoms with Crippen LogP contribution in [0.2, 0.25) is 0 Å². The summed E-state index contributed by atoms with van der Waals surface area (Å²) in [6.45, 7) is 0. The fourth-order valence-corrected chi connectivity index (χ4v) is 4.39. The van der Waals surface area contributed by atoms with Crippen molar-refractivity contribution in [3.8, 4) is 0 Å².